The molecule has 0 unspecified atom stereocenters. The molecular weight excluding hydrogens is 378 g/mol. The van der Waals surface area contributed by atoms with Crippen LogP contribution in [0.2, 0.25) is 10.0 Å². The summed E-state index contributed by atoms with van der Waals surface area (Å²) in [6.45, 7) is 0.0938. The van der Waals surface area contributed by atoms with Gasteiger partial charge in [0.25, 0.3) is 0 Å². The van der Waals surface area contributed by atoms with Crippen molar-refractivity contribution in [3.63, 3.8) is 0 Å². The summed E-state index contributed by atoms with van der Waals surface area (Å²) < 4.78 is 12.1. The minimum atomic E-state index is -0.768. The normalized spacial score (nSPS) is 9.12. The summed E-state index contributed by atoms with van der Waals surface area (Å²) in [5.74, 6) is 2.57. The molecule has 0 N–H and O–H groups in total. The first-order chi connectivity index (χ1) is 8.13. The van der Waals surface area contributed by atoms with Gasteiger partial charge in [0.15, 0.2) is 6.61 Å². The molecular formula is C11H7Cl2IO3. The van der Waals surface area contributed by atoms with Crippen LogP contribution in [0.15, 0.2) is 18.2 Å². The Balaban J connectivity index is 2.41. The van der Waals surface area contributed by atoms with Gasteiger partial charge in [-0.1, -0.05) is 35.2 Å². The van der Waals surface area contributed by atoms with E-state index in [-0.39, 0.29) is 13.2 Å². The highest BCUT2D eigenvalue weighted by molar-refractivity contribution is 14.1. The van der Waals surface area contributed by atoms with E-state index in [0.29, 0.717) is 10.0 Å². The van der Waals surface area contributed by atoms with Crippen LogP contribution in [0.3, 0.4) is 0 Å². The zero-order valence-electron chi connectivity index (χ0n) is 8.50. The maximum absolute atomic E-state index is 11.1. The van der Waals surface area contributed by atoms with Gasteiger partial charge in [-0.25, -0.2) is 4.79 Å². The van der Waals surface area contributed by atoms with Crippen molar-refractivity contribution >= 4 is 51.9 Å². The SMILES string of the molecule is O=C(OCC#CI)OCc1ccc(Cl)c(Cl)c1. The quantitative estimate of drug-likeness (QED) is 0.448. The van der Waals surface area contributed by atoms with Crippen molar-refractivity contribution in [1.82, 2.24) is 0 Å². The van der Waals surface area contributed by atoms with Crippen molar-refractivity contribution in [2.75, 3.05) is 6.61 Å². The van der Waals surface area contributed by atoms with Gasteiger partial charge in [0, 0.05) is 22.6 Å². The molecule has 6 heteroatoms. The van der Waals surface area contributed by atoms with Gasteiger partial charge in [-0.05, 0) is 21.6 Å². The molecule has 0 aromatic heterocycles. The maximum atomic E-state index is 11.1. The monoisotopic (exact) mass is 384 g/mol. The van der Waals surface area contributed by atoms with E-state index in [1.807, 2.05) is 22.6 Å². The largest absolute Gasteiger partial charge is 0.509 e. The van der Waals surface area contributed by atoms with Crippen LogP contribution in [0.5, 0.6) is 0 Å². The minimum absolute atomic E-state index is 0.0170. The summed E-state index contributed by atoms with van der Waals surface area (Å²) in [6.07, 6.45) is -0.768. The fourth-order valence-electron chi connectivity index (χ4n) is 0.936. The lowest BCUT2D eigenvalue weighted by molar-refractivity contribution is 0.0589. The number of carbonyl (C=O) groups excluding carboxylic acids is 1. The average Bonchev–Trinajstić information content (AvgIpc) is 2.31. The molecule has 0 saturated heterocycles. The summed E-state index contributed by atoms with van der Waals surface area (Å²) in [6, 6.07) is 4.98. The van der Waals surface area contributed by atoms with Gasteiger partial charge in [-0.15, -0.1) is 0 Å². The van der Waals surface area contributed by atoms with E-state index in [4.69, 9.17) is 27.9 Å². The van der Waals surface area contributed by atoms with Crippen LogP contribution >= 0.6 is 45.8 Å². The molecule has 1 rings (SSSR count). The lowest BCUT2D eigenvalue weighted by Crippen LogP contribution is -2.07. The Hall–Kier alpha value is -0.640. The van der Waals surface area contributed by atoms with Crippen molar-refractivity contribution in [3.05, 3.63) is 33.8 Å². The van der Waals surface area contributed by atoms with E-state index in [0.717, 1.165) is 5.56 Å². The zero-order chi connectivity index (χ0) is 12.7. The first-order valence-corrected chi connectivity index (χ1v) is 6.29. The van der Waals surface area contributed by atoms with Crippen LogP contribution in [0, 0.1) is 9.85 Å². The maximum Gasteiger partial charge on any atom is 0.509 e. The summed E-state index contributed by atoms with van der Waals surface area (Å²) in [4.78, 5) is 11.1. The van der Waals surface area contributed by atoms with Gasteiger partial charge in [-0.3, -0.25) is 0 Å². The van der Waals surface area contributed by atoms with Crippen LogP contribution < -0.4 is 0 Å². The van der Waals surface area contributed by atoms with Gasteiger partial charge < -0.3 is 9.47 Å². The molecule has 0 aliphatic rings. The molecule has 0 amide bonds. The number of benzene rings is 1. The Morgan fingerprint density at radius 3 is 2.71 bits per heavy atom. The van der Waals surface area contributed by atoms with Crippen LogP contribution in [-0.2, 0) is 16.1 Å². The fourth-order valence-corrected chi connectivity index (χ4v) is 1.41. The van der Waals surface area contributed by atoms with Gasteiger partial charge in [0.2, 0.25) is 0 Å². The van der Waals surface area contributed by atoms with E-state index in [9.17, 15) is 4.79 Å². The van der Waals surface area contributed by atoms with Gasteiger partial charge in [0.1, 0.15) is 6.61 Å². The zero-order valence-corrected chi connectivity index (χ0v) is 12.2. The van der Waals surface area contributed by atoms with E-state index < -0.39 is 6.16 Å². The molecule has 0 heterocycles. The van der Waals surface area contributed by atoms with Crippen LogP contribution in [-0.4, -0.2) is 12.8 Å². The molecule has 0 saturated carbocycles. The summed E-state index contributed by atoms with van der Waals surface area (Å²) in [7, 11) is 0. The van der Waals surface area contributed by atoms with E-state index in [2.05, 4.69) is 14.6 Å². The van der Waals surface area contributed by atoms with E-state index >= 15 is 0 Å². The summed E-state index contributed by atoms with van der Waals surface area (Å²) >= 11 is 13.4. The molecule has 0 aliphatic heterocycles. The standard InChI is InChI=1S/C11H7Cl2IO3/c12-9-3-2-8(6-10(9)13)7-17-11(15)16-5-1-4-14/h2-3,6H,5,7H2. The molecule has 1 aromatic carbocycles. The van der Waals surface area contributed by atoms with Crippen molar-refractivity contribution in [2.24, 2.45) is 0 Å². The first kappa shape index (κ1) is 14.4. The molecule has 0 bridgehead atoms. The van der Waals surface area contributed by atoms with Gasteiger partial charge in [-0.2, -0.15) is 0 Å². The smallest absolute Gasteiger partial charge is 0.429 e. The molecule has 0 atom stereocenters. The highest BCUT2D eigenvalue weighted by Gasteiger charge is 2.05. The third-order valence-corrected chi connectivity index (χ3v) is 2.79. The summed E-state index contributed by atoms with van der Waals surface area (Å²) in [5.41, 5.74) is 0.733. The minimum Gasteiger partial charge on any atom is -0.429 e. The first-order valence-electron chi connectivity index (χ1n) is 4.45. The number of hydrogen-bond acceptors (Lipinski definition) is 3. The summed E-state index contributed by atoms with van der Waals surface area (Å²) in [5, 5.41) is 0.868. The predicted molar refractivity (Wildman–Crippen MR) is 74.4 cm³/mol. The van der Waals surface area contributed by atoms with Crippen LogP contribution in [0.1, 0.15) is 5.56 Å². The third kappa shape index (κ3) is 5.48. The lowest BCUT2D eigenvalue weighted by atomic mass is 10.2. The molecule has 0 radical (unpaired) electrons. The number of rotatable bonds is 3. The Kier molecular flexibility index (Phi) is 6.48. The second kappa shape index (κ2) is 7.64. The molecule has 90 valence electrons. The van der Waals surface area contributed by atoms with Gasteiger partial charge in [0.05, 0.1) is 10.0 Å². The second-order valence-corrected chi connectivity index (χ2v) is 4.20. The van der Waals surface area contributed by atoms with Gasteiger partial charge >= 0.3 is 6.16 Å². The molecule has 0 aliphatic carbocycles. The predicted octanol–water partition coefficient (Wildman–Crippen LogP) is 4.04. The molecule has 1 aromatic rings. The van der Waals surface area contributed by atoms with E-state index in [1.54, 1.807) is 18.2 Å². The number of carbonyl (C=O) groups is 1. The molecule has 0 fully saturated rings. The topological polar surface area (TPSA) is 35.5 Å². The van der Waals surface area contributed by atoms with E-state index in [1.165, 1.54) is 0 Å². The van der Waals surface area contributed by atoms with Crippen molar-refractivity contribution in [2.45, 2.75) is 6.61 Å². The Morgan fingerprint density at radius 2 is 2.06 bits per heavy atom. The fraction of sp³-hybridized carbons (Fsp3) is 0.182. The van der Waals surface area contributed by atoms with Crippen molar-refractivity contribution < 1.29 is 14.3 Å². The Labute approximate surface area is 123 Å². The number of ether oxygens (including phenoxy) is 2. The number of hydrogen-bond donors (Lipinski definition) is 0. The Bertz CT molecular complexity index is 466. The van der Waals surface area contributed by atoms with Crippen LogP contribution in [0.25, 0.3) is 0 Å². The highest BCUT2D eigenvalue weighted by atomic mass is 127. The molecule has 0 spiro atoms. The second-order valence-electron chi connectivity index (χ2n) is 2.85. The van der Waals surface area contributed by atoms with Crippen LogP contribution in [0.4, 0.5) is 4.79 Å². The van der Waals surface area contributed by atoms with Crippen molar-refractivity contribution in [3.8, 4) is 9.85 Å². The lowest BCUT2D eigenvalue weighted by Gasteiger charge is -2.05. The molecule has 17 heavy (non-hydrogen) atoms. The van der Waals surface area contributed by atoms with Crippen molar-refractivity contribution in [1.29, 1.82) is 0 Å². The average molecular weight is 385 g/mol. The molecule has 3 nitrogen and oxygen atoms in total. The third-order valence-electron chi connectivity index (χ3n) is 1.67. The highest BCUT2D eigenvalue weighted by Crippen LogP contribution is 2.22. The number of halogens is 3. The Morgan fingerprint density at radius 1 is 1.29 bits per heavy atom.